The van der Waals surface area contributed by atoms with E-state index in [0.29, 0.717) is 17.8 Å². The molecule has 4 bridgehead atoms. The van der Waals surface area contributed by atoms with Gasteiger partial charge in [0.1, 0.15) is 13.2 Å². The van der Waals surface area contributed by atoms with Gasteiger partial charge >= 0.3 is 27.3 Å². The highest BCUT2D eigenvalue weighted by atomic mass is 32.2. The lowest BCUT2D eigenvalue weighted by molar-refractivity contribution is -0.166. The van der Waals surface area contributed by atoms with E-state index in [1.165, 1.54) is 19.3 Å². The predicted octanol–water partition coefficient (Wildman–Crippen LogP) is 2.16. The fraction of sp³-hybridized carbons (Fsp3) is 0.875. The average molecular weight is 396 g/mol. The normalized spacial score (nSPS) is 33.1. The number of esters is 2. The highest BCUT2D eigenvalue weighted by Crippen LogP contribution is 2.61. The third-order valence-corrected chi connectivity index (χ3v) is 6.64. The molecule has 0 radical (unpaired) electrons. The maximum absolute atomic E-state index is 13.0. The molecule has 0 aromatic heterocycles. The second kappa shape index (κ2) is 6.70. The van der Waals surface area contributed by atoms with Gasteiger partial charge in [-0.05, 0) is 61.7 Å². The summed E-state index contributed by atoms with van der Waals surface area (Å²) in [5, 5.41) is -5.05. The summed E-state index contributed by atoms with van der Waals surface area (Å²) in [7, 11) is -5.90. The molecule has 4 aliphatic rings. The third-order valence-electron chi connectivity index (χ3n) is 5.83. The van der Waals surface area contributed by atoms with E-state index in [-0.39, 0.29) is 11.8 Å². The Balaban J connectivity index is 1.42. The molecule has 0 heterocycles. The molecule has 4 aliphatic carbocycles. The molecule has 0 unspecified atom stereocenters. The van der Waals surface area contributed by atoms with Gasteiger partial charge < -0.3 is 9.47 Å². The number of halogens is 2. The molecule has 0 atom stereocenters. The third kappa shape index (κ3) is 3.85. The Morgan fingerprint density at radius 3 is 1.92 bits per heavy atom. The molecule has 4 fully saturated rings. The maximum Gasteiger partial charge on any atom is 0.465 e. The van der Waals surface area contributed by atoms with Crippen molar-refractivity contribution >= 4 is 22.1 Å². The fourth-order valence-electron chi connectivity index (χ4n) is 5.34. The van der Waals surface area contributed by atoms with Crippen molar-refractivity contribution in [1.29, 1.82) is 0 Å². The van der Waals surface area contributed by atoms with Crippen LogP contribution >= 0.6 is 0 Å². The Bertz CT molecular complexity index is 653. The number of hydrogen-bond donors (Lipinski definition) is 1. The average Bonchev–Trinajstić information content (AvgIpc) is 2.48. The summed E-state index contributed by atoms with van der Waals surface area (Å²) in [6.07, 6.45) is 7.05. The number of carbonyl (C=O) groups excluding carboxylic acids is 2. The fourth-order valence-corrected chi connectivity index (χ4v) is 5.61. The summed E-state index contributed by atoms with van der Waals surface area (Å²) in [4.78, 5) is 23.1. The minimum Gasteiger partial charge on any atom is -0.462 e. The van der Waals surface area contributed by atoms with Crippen molar-refractivity contribution in [2.75, 3.05) is 13.2 Å². The quantitative estimate of drug-likeness (QED) is 0.399. The lowest BCUT2D eigenvalue weighted by Crippen LogP contribution is -2.47. The van der Waals surface area contributed by atoms with Gasteiger partial charge in [-0.15, -0.1) is 0 Å². The molecule has 4 saturated carbocycles. The molecule has 1 N–H and O–H groups in total. The van der Waals surface area contributed by atoms with Crippen LogP contribution in [0.2, 0.25) is 0 Å². The van der Waals surface area contributed by atoms with E-state index in [2.05, 4.69) is 4.74 Å². The lowest BCUT2D eigenvalue weighted by Gasteiger charge is -2.56. The zero-order valence-electron chi connectivity index (χ0n) is 14.2. The summed E-state index contributed by atoms with van der Waals surface area (Å²) < 4.78 is 64.1. The summed E-state index contributed by atoms with van der Waals surface area (Å²) in [5.74, 6) is -0.838. The van der Waals surface area contributed by atoms with Gasteiger partial charge in [-0.2, -0.15) is 17.2 Å². The molecular weight excluding hydrogens is 374 g/mol. The zero-order chi connectivity index (χ0) is 19.2. The summed E-state index contributed by atoms with van der Waals surface area (Å²) in [6.45, 7) is -1.16. The molecule has 0 aromatic carbocycles. The van der Waals surface area contributed by atoms with Crippen LogP contribution in [-0.4, -0.2) is 43.4 Å². The first kappa shape index (κ1) is 19.5. The van der Waals surface area contributed by atoms with Gasteiger partial charge in [-0.1, -0.05) is 0 Å². The van der Waals surface area contributed by atoms with Gasteiger partial charge in [-0.25, -0.2) is 4.79 Å². The first-order chi connectivity index (χ1) is 12.0. The summed E-state index contributed by atoms with van der Waals surface area (Å²) in [6, 6.07) is 0. The van der Waals surface area contributed by atoms with E-state index in [9.17, 15) is 26.8 Å². The van der Waals surface area contributed by atoms with E-state index in [4.69, 9.17) is 9.29 Å². The monoisotopic (exact) mass is 396 g/mol. The first-order valence-electron chi connectivity index (χ1n) is 8.68. The Labute approximate surface area is 150 Å². The van der Waals surface area contributed by atoms with Crippen LogP contribution in [0.5, 0.6) is 0 Å². The van der Waals surface area contributed by atoms with Crippen molar-refractivity contribution in [3.8, 4) is 0 Å². The number of rotatable bonds is 7. The van der Waals surface area contributed by atoms with Crippen molar-refractivity contribution in [3.63, 3.8) is 0 Å². The van der Waals surface area contributed by atoms with Gasteiger partial charge in [0.2, 0.25) is 0 Å². The van der Waals surface area contributed by atoms with Crippen LogP contribution in [0.1, 0.15) is 44.9 Å². The van der Waals surface area contributed by atoms with Gasteiger partial charge in [0, 0.05) is 0 Å². The van der Waals surface area contributed by atoms with Gasteiger partial charge in [0.15, 0.2) is 0 Å². The van der Waals surface area contributed by atoms with Crippen molar-refractivity contribution in [3.05, 3.63) is 0 Å². The Morgan fingerprint density at radius 2 is 1.46 bits per heavy atom. The predicted molar refractivity (Wildman–Crippen MR) is 83.6 cm³/mol. The standard InChI is InChI=1S/C16H22F2O7S/c17-16(18,26(21,22)23)14(20)25-2-1-24-13(19)9-15-6-10-3-11(7-15)5-12(4-10)8-15/h10-12H,1-9H2,(H,21,22,23). The van der Waals surface area contributed by atoms with Gasteiger partial charge in [-0.3, -0.25) is 9.35 Å². The largest absolute Gasteiger partial charge is 0.465 e. The second-order valence-electron chi connectivity index (χ2n) is 7.94. The summed E-state index contributed by atoms with van der Waals surface area (Å²) in [5.41, 5.74) is -0.0273. The van der Waals surface area contributed by atoms with Crippen LogP contribution in [0, 0.1) is 23.2 Å². The number of alkyl halides is 2. The van der Waals surface area contributed by atoms with Gasteiger partial charge in [0.05, 0.1) is 6.42 Å². The molecule has 7 nitrogen and oxygen atoms in total. The van der Waals surface area contributed by atoms with E-state index < -0.39 is 40.5 Å². The molecule has 0 aliphatic heterocycles. The molecule has 0 spiro atoms. The van der Waals surface area contributed by atoms with Crippen LogP contribution in [0.4, 0.5) is 8.78 Å². The minimum absolute atomic E-state index is 0.0273. The molecule has 10 heteroatoms. The molecule has 26 heavy (non-hydrogen) atoms. The molecule has 0 aromatic rings. The van der Waals surface area contributed by atoms with Crippen LogP contribution in [0.3, 0.4) is 0 Å². The number of hydrogen-bond acceptors (Lipinski definition) is 6. The topological polar surface area (TPSA) is 107 Å². The van der Waals surface area contributed by atoms with Gasteiger partial charge in [0.25, 0.3) is 0 Å². The highest BCUT2D eigenvalue weighted by Gasteiger charge is 2.54. The smallest absolute Gasteiger partial charge is 0.462 e. The molecule has 0 amide bonds. The minimum atomic E-state index is -5.90. The second-order valence-corrected chi connectivity index (χ2v) is 9.41. The van der Waals surface area contributed by atoms with E-state index in [1.54, 1.807) is 0 Å². The van der Waals surface area contributed by atoms with Crippen molar-refractivity contribution in [1.82, 2.24) is 0 Å². The van der Waals surface area contributed by atoms with Crippen molar-refractivity contribution in [2.45, 2.75) is 50.2 Å². The van der Waals surface area contributed by atoms with Crippen molar-refractivity contribution in [2.24, 2.45) is 23.2 Å². The molecular formula is C16H22F2O7S. The molecule has 148 valence electrons. The lowest BCUT2D eigenvalue weighted by atomic mass is 9.49. The molecule has 0 saturated heterocycles. The molecule has 4 rings (SSSR count). The van der Waals surface area contributed by atoms with Crippen LogP contribution in [-0.2, 0) is 29.2 Å². The van der Waals surface area contributed by atoms with Crippen LogP contribution < -0.4 is 0 Å². The van der Waals surface area contributed by atoms with Crippen LogP contribution in [0.15, 0.2) is 0 Å². The zero-order valence-corrected chi connectivity index (χ0v) is 15.0. The van der Waals surface area contributed by atoms with Crippen LogP contribution in [0.25, 0.3) is 0 Å². The number of ether oxygens (including phenoxy) is 2. The Kier molecular flexibility index (Phi) is 5.02. The highest BCUT2D eigenvalue weighted by molar-refractivity contribution is 7.87. The van der Waals surface area contributed by atoms with Crippen molar-refractivity contribution < 1.29 is 40.8 Å². The van der Waals surface area contributed by atoms with E-state index >= 15 is 0 Å². The Morgan fingerprint density at radius 1 is 1.00 bits per heavy atom. The first-order valence-corrected chi connectivity index (χ1v) is 10.1. The number of carbonyl (C=O) groups is 2. The maximum atomic E-state index is 13.0. The van der Waals surface area contributed by atoms with E-state index in [1.807, 2.05) is 0 Å². The Hall–Kier alpha value is -1.29. The van der Waals surface area contributed by atoms with E-state index in [0.717, 1.165) is 19.3 Å². The summed E-state index contributed by atoms with van der Waals surface area (Å²) >= 11 is 0. The SMILES string of the molecule is O=C(CC12CC3CC(CC(C3)C1)C2)OCCOC(=O)C(F)(F)S(=O)(=O)O.